The summed E-state index contributed by atoms with van der Waals surface area (Å²) in [5.41, 5.74) is 0.555. The zero-order chi connectivity index (χ0) is 13.1. The third-order valence-corrected chi connectivity index (χ3v) is 2.55. The van der Waals surface area contributed by atoms with Crippen LogP contribution < -0.4 is 10.1 Å². The summed E-state index contributed by atoms with van der Waals surface area (Å²) in [6, 6.07) is 4.96. The van der Waals surface area contributed by atoms with Crippen molar-refractivity contribution in [2.75, 3.05) is 12.4 Å². The van der Waals surface area contributed by atoms with Crippen LogP contribution in [0.25, 0.3) is 0 Å². The van der Waals surface area contributed by atoms with E-state index in [1.165, 1.54) is 13.3 Å². The van der Waals surface area contributed by atoms with Crippen molar-refractivity contribution in [3.8, 4) is 5.75 Å². The van der Waals surface area contributed by atoms with Crippen LogP contribution in [0.5, 0.6) is 5.75 Å². The lowest BCUT2D eigenvalue weighted by Gasteiger charge is -2.06. The molecule has 0 unspecified atom stereocenters. The number of hydrogen-bond acceptors (Lipinski definition) is 4. The summed E-state index contributed by atoms with van der Waals surface area (Å²) in [4.78, 5) is 15.6. The van der Waals surface area contributed by atoms with Gasteiger partial charge in [-0.15, -0.1) is 0 Å². The zero-order valence-corrected chi connectivity index (χ0v) is 10.6. The van der Waals surface area contributed by atoms with E-state index in [1.807, 2.05) is 0 Å². The van der Waals surface area contributed by atoms with Crippen LogP contribution in [-0.2, 0) is 0 Å². The molecule has 5 nitrogen and oxygen atoms in total. The summed E-state index contributed by atoms with van der Waals surface area (Å²) in [7, 11) is 1.52. The van der Waals surface area contributed by atoms with Gasteiger partial charge in [-0.25, -0.2) is 4.98 Å². The SMILES string of the molecule is COc1ccc(NC(=O)c2cnc(C)o2)cc1Cl. The average molecular weight is 267 g/mol. The van der Waals surface area contributed by atoms with E-state index in [2.05, 4.69) is 10.3 Å². The summed E-state index contributed by atoms with van der Waals surface area (Å²) < 4.78 is 10.1. The molecule has 2 rings (SSSR count). The molecule has 0 fully saturated rings. The van der Waals surface area contributed by atoms with Gasteiger partial charge in [-0.05, 0) is 18.2 Å². The van der Waals surface area contributed by atoms with Crippen molar-refractivity contribution in [1.82, 2.24) is 4.98 Å². The first-order valence-electron chi connectivity index (χ1n) is 5.17. The predicted octanol–water partition coefficient (Wildman–Crippen LogP) is 2.90. The Bertz CT molecular complexity index is 580. The second-order valence-electron chi connectivity index (χ2n) is 3.55. The Morgan fingerprint density at radius 1 is 1.50 bits per heavy atom. The minimum Gasteiger partial charge on any atom is -0.495 e. The van der Waals surface area contributed by atoms with Gasteiger partial charge in [0, 0.05) is 12.6 Å². The van der Waals surface area contributed by atoms with E-state index in [0.29, 0.717) is 22.4 Å². The highest BCUT2D eigenvalue weighted by Gasteiger charge is 2.12. The standard InChI is InChI=1S/C12H11ClN2O3/c1-7-14-6-11(18-7)12(16)15-8-3-4-10(17-2)9(13)5-8/h3-6H,1-2H3,(H,15,16). The predicted molar refractivity (Wildman–Crippen MR) is 67.2 cm³/mol. The molecule has 0 saturated heterocycles. The van der Waals surface area contributed by atoms with Crippen molar-refractivity contribution >= 4 is 23.2 Å². The van der Waals surface area contributed by atoms with E-state index < -0.39 is 0 Å². The van der Waals surface area contributed by atoms with Crippen molar-refractivity contribution in [2.24, 2.45) is 0 Å². The largest absolute Gasteiger partial charge is 0.495 e. The van der Waals surface area contributed by atoms with E-state index in [9.17, 15) is 4.79 Å². The Balaban J connectivity index is 2.14. The van der Waals surface area contributed by atoms with Gasteiger partial charge >= 0.3 is 0 Å². The number of oxazole rings is 1. The Morgan fingerprint density at radius 3 is 2.83 bits per heavy atom. The number of aryl methyl sites for hydroxylation is 1. The molecule has 0 atom stereocenters. The average Bonchev–Trinajstić information content (AvgIpc) is 2.76. The number of halogens is 1. The molecule has 1 N–H and O–H groups in total. The quantitative estimate of drug-likeness (QED) is 0.928. The number of rotatable bonds is 3. The Kier molecular flexibility index (Phi) is 3.53. The van der Waals surface area contributed by atoms with Crippen LogP contribution >= 0.6 is 11.6 Å². The molecular formula is C12H11ClN2O3. The molecule has 0 spiro atoms. The molecule has 0 aliphatic heterocycles. The molecule has 0 saturated carbocycles. The minimum absolute atomic E-state index is 0.152. The number of amides is 1. The number of anilines is 1. The number of hydrogen-bond donors (Lipinski definition) is 1. The van der Waals surface area contributed by atoms with E-state index in [4.69, 9.17) is 20.8 Å². The maximum absolute atomic E-state index is 11.8. The molecule has 1 aromatic carbocycles. The van der Waals surface area contributed by atoms with Gasteiger partial charge < -0.3 is 14.5 Å². The van der Waals surface area contributed by atoms with Crippen molar-refractivity contribution in [2.45, 2.75) is 6.92 Å². The van der Waals surface area contributed by atoms with Crippen LogP contribution in [0.4, 0.5) is 5.69 Å². The lowest BCUT2D eigenvalue weighted by molar-refractivity contribution is 0.0995. The Labute approximate surface area is 109 Å². The summed E-state index contributed by atoms with van der Waals surface area (Å²) in [6.45, 7) is 1.67. The summed E-state index contributed by atoms with van der Waals surface area (Å²) in [6.07, 6.45) is 1.37. The fourth-order valence-corrected chi connectivity index (χ4v) is 1.66. The van der Waals surface area contributed by atoms with Crippen LogP contribution in [0.3, 0.4) is 0 Å². The van der Waals surface area contributed by atoms with Crippen molar-refractivity contribution in [1.29, 1.82) is 0 Å². The zero-order valence-electron chi connectivity index (χ0n) is 9.86. The number of carbonyl (C=O) groups excluding carboxylic acids is 1. The van der Waals surface area contributed by atoms with Crippen LogP contribution in [-0.4, -0.2) is 18.0 Å². The highest BCUT2D eigenvalue weighted by atomic mass is 35.5. The minimum atomic E-state index is -0.378. The van der Waals surface area contributed by atoms with E-state index in [1.54, 1.807) is 25.1 Å². The number of nitrogens with one attached hydrogen (secondary N) is 1. The van der Waals surface area contributed by atoms with E-state index >= 15 is 0 Å². The molecule has 1 heterocycles. The van der Waals surface area contributed by atoms with Gasteiger partial charge in [0.25, 0.3) is 5.91 Å². The normalized spacial score (nSPS) is 10.2. The van der Waals surface area contributed by atoms with Gasteiger partial charge in [-0.3, -0.25) is 4.79 Å². The first-order valence-corrected chi connectivity index (χ1v) is 5.55. The first kappa shape index (κ1) is 12.4. The molecule has 94 valence electrons. The fraction of sp³-hybridized carbons (Fsp3) is 0.167. The topological polar surface area (TPSA) is 64.4 Å². The van der Waals surface area contributed by atoms with Crippen LogP contribution in [0, 0.1) is 6.92 Å². The number of benzene rings is 1. The van der Waals surface area contributed by atoms with Crippen molar-refractivity contribution in [3.05, 3.63) is 41.1 Å². The molecule has 2 aromatic rings. The highest BCUT2D eigenvalue weighted by Crippen LogP contribution is 2.27. The molecular weight excluding hydrogens is 256 g/mol. The summed E-state index contributed by atoms with van der Waals surface area (Å²) in [5.74, 6) is 0.759. The molecule has 0 aliphatic carbocycles. The lowest BCUT2D eigenvalue weighted by Crippen LogP contribution is -2.10. The van der Waals surface area contributed by atoms with E-state index in [-0.39, 0.29) is 11.7 Å². The number of carbonyl (C=O) groups is 1. The molecule has 6 heteroatoms. The highest BCUT2D eigenvalue weighted by molar-refractivity contribution is 6.32. The van der Waals surface area contributed by atoms with Crippen molar-refractivity contribution in [3.63, 3.8) is 0 Å². The number of nitrogens with zero attached hydrogens (tertiary/aromatic N) is 1. The third kappa shape index (κ3) is 2.62. The van der Waals surface area contributed by atoms with Gasteiger partial charge in [-0.1, -0.05) is 11.6 Å². The maximum Gasteiger partial charge on any atom is 0.293 e. The monoisotopic (exact) mass is 266 g/mol. The second kappa shape index (κ2) is 5.10. The number of aromatic nitrogens is 1. The molecule has 1 amide bonds. The number of ether oxygens (including phenoxy) is 1. The first-order chi connectivity index (χ1) is 8.60. The maximum atomic E-state index is 11.8. The Hall–Kier alpha value is -2.01. The molecule has 0 aliphatic rings. The van der Waals surface area contributed by atoms with Gasteiger partial charge in [0.2, 0.25) is 5.76 Å². The Morgan fingerprint density at radius 2 is 2.28 bits per heavy atom. The molecule has 1 aromatic heterocycles. The van der Waals surface area contributed by atoms with Gasteiger partial charge in [-0.2, -0.15) is 0 Å². The molecule has 0 radical (unpaired) electrons. The molecule has 0 bridgehead atoms. The van der Waals surface area contributed by atoms with Gasteiger partial charge in [0.1, 0.15) is 5.75 Å². The van der Waals surface area contributed by atoms with Crippen LogP contribution in [0.15, 0.2) is 28.8 Å². The fourth-order valence-electron chi connectivity index (χ4n) is 1.40. The number of methoxy groups -OCH3 is 1. The van der Waals surface area contributed by atoms with Crippen LogP contribution in [0.1, 0.15) is 16.4 Å². The lowest BCUT2D eigenvalue weighted by atomic mass is 10.3. The smallest absolute Gasteiger partial charge is 0.293 e. The van der Waals surface area contributed by atoms with Crippen LogP contribution in [0.2, 0.25) is 5.02 Å². The van der Waals surface area contributed by atoms with Gasteiger partial charge in [0.05, 0.1) is 18.3 Å². The summed E-state index contributed by atoms with van der Waals surface area (Å²) in [5, 5.41) is 3.07. The van der Waals surface area contributed by atoms with Crippen molar-refractivity contribution < 1.29 is 13.9 Å². The van der Waals surface area contributed by atoms with E-state index in [0.717, 1.165) is 0 Å². The second-order valence-corrected chi connectivity index (χ2v) is 3.95. The van der Waals surface area contributed by atoms with Gasteiger partial charge in [0.15, 0.2) is 5.89 Å². The third-order valence-electron chi connectivity index (χ3n) is 2.25. The summed E-state index contributed by atoms with van der Waals surface area (Å²) >= 11 is 5.95. The molecule has 18 heavy (non-hydrogen) atoms.